The number of unbranched alkanes of at least 4 members (excludes halogenated alkanes) is 1. The molecule has 132 valence electrons. The number of carbonyl (C=O) groups is 1. The number of rotatable bonds is 6. The van der Waals surface area contributed by atoms with Gasteiger partial charge in [0, 0.05) is 18.8 Å². The monoisotopic (exact) mass is 361 g/mol. The van der Waals surface area contributed by atoms with Gasteiger partial charge in [0.2, 0.25) is 0 Å². The van der Waals surface area contributed by atoms with Crippen LogP contribution < -0.4 is 11.1 Å². The van der Waals surface area contributed by atoms with Crippen LogP contribution in [0.2, 0.25) is 0 Å². The van der Waals surface area contributed by atoms with E-state index in [0.717, 1.165) is 31.8 Å². The van der Waals surface area contributed by atoms with Gasteiger partial charge in [0.1, 0.15) is 0 Å². The van der Waals surface area contributed by atoms with Crippen LogP contribution in [0.25, 0.3) is 0 Å². The fourth-order valence-corrected chi connectivity index (χ4v) is 2.95. The largest absolute Gasteiger partial charge is 0.398 e. The number of nitrogen functional groups attached to an aromatic ring is 1. The Morgan fingerprint density at radius 3 is 2.74 bits per heavy atom. The molecule has 1 aliphatic rings. The highest BCUT2D eigenvalue weighted by atomic mass is 35.5. The average molecular weight is 362 g/mol. The first-order valence-corrected chi connectivity index (χ1v) is 8.02. The zero-order chi connectivity index (χ0) is 15.1. The zero-order valence-electron chi connectivity index (χ0n) is 13.8. The lowest BCUT2D eigenvalue weighted by molar-refractivity contribution is 0.0953. The maximum absolute atomic E-state index is 12.0. The number of benzene rings is 1. The molecule has 3 N–H and O–H groups in total. The number of hydrogen-bond acceptors (Lipinski definition) is 3. The number of nitrogens with one attached hydrogen (secondary N) is 1. The lowest BCUT2D eigenvalue weighted by Crippen LogP contribution is -2.35. The number of hydrogen-bond donors (Lipinski definition) is 2. The second kappa shape index (κ2) is 11.5. The van der Waals surface area contributed by atoms with Crippen molar-refractivity contribution in [2.75, 3.05) is 31.9 Å². The molecule has 0 aliphatic carbocycles. The number of anilines is 1. The molecule has 1 amide bonds. The summed E-state index contributed by atoms with van der Waals surface area (Å²) in [7, 11) is 0. The Morgan fingerprint density at radius 2 is 2.04 bits per heavy atom. The van der Waals surface area contributed by atoms with Crippen molar-refractivity contribution in [1.82, 2.24) is 10.2 Å². The summed E-state index contributed by atoms with van der Waals surface area (Å²) in [5, 5.41) is 2.95. The van der Waals surface area contributed by atoms with Gasteiger partial charge in [-0.05, 0) is 56.8 Å². The van der Waals surface area contributed by atoms with Crippen LogP contribution in [0.15, 0.2) is 24.3 Å². The molecular weight excluding hydrogens is 333 g/mol. The molecule has 0 radical (unpaired) electrons. The highest BCUT2D eigenvalue weighted by Gasteiger charge is 2.15. The molecule has 0 saturated carbocycles. The standard InChI is InChI=1S/C17H27N3O.2ClH/c1-14-7-6-12-20(13-14)11-5-4-10-19-17(21)15-8-2-3-9-16(15)18;;/h2-3,8-9,14H,4-7,10-13,18H2,1H3,(H,19,21);2*1H. The van der Waals surface area contributed by atoms with Crippen molar-refractivity contribution in [2.45, 2.75) is 32.6 Å². The number of para-hydroxylation sites is 1. The topological polar surface area (TPSA) is 58.4 Å². The van der Waals surface area contributed by atoms with Gasteiger partial charge < -0.3 is 16.0 Å². The van der Waals surface area contributed by atoms with E-state index in [9.17, 15) is 4.79 Å². The minimum absolute atomic E-state index is 0. The van der Waals surface area contributed by atoms with Crippen LogP contribution in [-0.2, 0) is 0 Å². The van der Waals surface area contributed by atoms with Crippen molar-refractivity contribution in [3.05, 3.63) is 29.8 Å². The van der Waals surface area contributed by atoms with Crippen molar-refractivity contribution < 1.29 is 4.79 Å². The third-order valence-corrected chi connectivity index (χ3v) is 4.13. The van der Waals surface area contributed by atoms with E-state index in [1.165, 1.54) is 25.9 Å². The minimum Gasteiger partial charge on any atom is -0.398 e. The maximum Gasteiger partial charge on any atom is 0.253 e. The number of amides is 1. The number of carbonyl (C=O) groups excluding carboxylic acids is 1. The lowest BCUT2D eigenvalue weighted by Gasteiger charge is -2.30. The molecule has 1 aromatic rings. The third kappa shape index (κ3) is 7.42. The molecule has 4 nitrogen and oxygen atoms in total. The molecule has 1 aromatic carbocycles. The van der Waals surface area contributed by atoms with Gasteiger partial charge in [0.05, 0.1) is 5.56 Å². The zero-order valence-corrected chi connectivity index (χ0v) is 15.4. The molecular formula is C17H29Cl2N3O. The molecule has 0 spiro atoms. The van der Waals surface area contributed by atoms with Gasteiger partial charge in [-0.1, -0.05) is 19.1 Å². The summed E-state index contributed by atoms with van der Waals surface area (Å²) in [6, 6.07) is 7.20. The van der Waals surface area contributed by atoms with Gasteiger partial charge in [-0.15, -0.1) is 24.8 Å². The fraction of sp³-hybridized carbons (Fsp3) is 0.588. The van der Waals surface area contributed by atoms with E-state index in [2.05, 4.69) is 17.1 Å². The molecule has 1 saturated heterocycles. The number of nitrogens with zero attached hydrogens (tertiary/aromatic N) is 1. The molecule has 23 heavy (non-hydrogen) atoms. The van der Waals surface area contributed by atoms with E-state index in [0.29, 0.717) is 11.3 Å². The summed E-state index contributed by atoms with van der Waals surface area (Å²) in [4.78, 5) is 14.5. The number of nitrogens with two attached hydrogens (primary N) is 1. The van der Waals surface area contributed by atoms with Gasteiger partial charge in [-0.3, -0.25) is 4.79 Å². The smallest absolute Gasteiger partial charge is 0.253 e. The van der Waals surface area contributed by atoms with E-state index >= 15 is 0 Å². The number of likely N-dealkylation sites (tertiary alicyclic amines) is 1. The Labute approximate surface area is 152 Å². The molecule has 6 heteroatoms. The van der Waals surface area contributed by atoms with Gasteiger partial charge in [-0.25, -0.2) is 0 Å². The van der Waals surface area contributed by atoms with Crippen LogP contribution >= 0.6 is 24.8 Å². The average Bonchev–Trinajstić information content (AvgIpc) is 2.47. The Hall–Kier alpha value is -0.970. The van der Waals surface area contributed by atoms with Crippen molar-refractivity contribution in [2.24, 2.45) is 5.92 Å². The first kappa shape index (κ1) is 22.0. The van der Waals surface area contributed by atoms with Crippen molar-refractivity contribution in [3.8, 4) is 0 Å². The molecule has 1 aliphatic heterocycles. The summed E-state index contributed by atoms with van der Waals surface area (Å²) in [5.41, 5.74) is 6.91. The van der Waals surface area contributed by atoms with Crippen LogP contribution in [-0.4, -0.2) is 37.0 Å². The van der Waals surface area contributed by atoms with Crippen LogP contribution in [0.5, 0.6) is 0 Å². The molecule has 2 rings (SSSR count). The fourth-order valence-electron chi connectivity index (χ4n) is 2.95. The molecule has 1 unspecified atom stereocenters. The summed E-state index contributed by atoms with van der Waals surface area (Å²) < 4.78 is 0. The van der Waals surface area contributed by atoms with Crippen molar-refractivity contribution >= 4 is 36.4 Å². The third-order valence-electron chi connectivity index (χ3n) is 4.13. The van der Waals surface area contributed by atoms with Gasteiger partial charge >= 0.3 is 0 Å². The van der Waals surface area contributed by atoms with Crippen molar-refractivity contribution in [3.63, 3.8) is 0 Å². The van der Waals surface area contributed by atoms with E-state index in [4.69, 9.17) is 5.73 Å². The lowest BCUT2D eigenvalue weighted by atomic mass is 10.0. The minimum atomic E-state index is -0.0697. The highest BCUT2D eigenvalue weighted by molar-refractivity contribution is 5.99. The quantitative estimate of drug-likeness (QED) is 0.603. The van der Waals surface area contributed by atoms with Crippen LogP contribution in [0.3, 0.4) is 0 Å². The van der Waals surface area contributed by atoms with E-state index < -0.39 is 0 Å². The van der Waals surface area contributed by atoms with E-state index in [1.54, 1.807) is 12.1 Å². The summed E-state index contributed by atoms with van der Waals surface area (Å²) in [6.07, 6.45) is 4.84. The molecule has 0 aromatic heterocycles. The maximum atomic E-state index is 12.0. The molecule has 0 bridgehead atoms. The SMILES string of the molecule is CC1CCCN(CCCCNC(=O)c2ccccc2N)C1.Cl.Cl. The van der Waals surface area contributed by atoms with Crippen LogP contribution in [0, 0.1) is 5.92 Å². The van der Waals surface area contributed by atoms with Crippen LogP contribution in [0.4, 0.5) is 5.69 Å². The molecule has 1 heterocycles. The van der Waals surface area contributed by atoms with Crippen molar-refractivity contribution in [1.29, 1.82) is 0 Å². The Kier molecular flexibility index (Phi) is 11.1. The second-order valence-electron chi connectivity index (χ2n) is 6.10. The summed E-state index contributed by atoms with van der Waals surface area (Å²) in [6.45, 7) is 6.66. The van der Waals surface area contributed by atoms with Gasteiger partial charge in [-0.2, -0.15) is 0 Å². The van der Waals surface area contributed by atoms with Crippen LogP contribution in [0.1, 0.15) is 43.0 Å². The van der Waals surface area contributed by atoms with E-state index in [-0.39, 0.29) is 30.7 Å². The Bertz CT molecular complexity index is 471. The normalized spacial score (nSPS) is 17.7. The number of halogens is 2. The van der Waals surface area contributed by atoms with E-state index in [1.807, 2.05) is 12.1 Å². The first-order chi connectivity index (χ1) is 10.2. The Balaban J connectivity index is 0.00000242. The Morgan fingerprint density at radius 1 is 1.30 bits per heavy atom. The van der Waals surface area contributed by atoms with Gasteiger partial charge in [0.15, 0.2) is 0 Å². The summed E-state index contributed by atoms with van der Waals surface area (Å²) in [5.74, 6) is 0.763. The second-order valence-corrected chi connectivity index (χ2v) is 6.10. The summed E-state index contributed by atoms with van der Waals surface area (Å²) >= 11 is 0. The first-order valence-electron chi connectivity index (χ1n) is 8.02. The predicted molar refractivity (Wildman–Crippen MR) is 102 cm³/mol. The number of piperidine rings is 1. The highest BCUT2D eigenvalue weighted by Crippen LogP contribution is 2.15. The molecule has 1 fully saturated rings. The van der Waals surface area contributed by atoms with Gasteiger partial charge in [0.25, 0.3) is 5.91 Å². The molecule has 1 atom stereocenters. The predicted octanol–water partition coefficient (Wildman–Crippen LogP) is 3.35.